The van der Waals surface area contributed by atoms with Crippen LogP contribution in [0.1, 0.15) is 5.82 Å². The minimum Gasteiger partial charge on any atom is -0.322 e. The largest absolute Gasteiger partial charge is 0.332 e. The topological polar surface area (TPSA) is 116 Å². The third-order valence-electron chi connectivity index (χ3n) is 3.14. The summed E-state index contributed by atoms with van der Waals surface area (Å²) in [4.78, 5) is 43.1. The number of hydrogen-bond donors (Lipinski definition) is 1. The van der Waals surface area contributed by atoms with E-state index in [1.54, 1.807) is 6.92 Å². The number of aromatic amines is 1. The summed E-state index contributed by atoms with van der Waals surface area (Å²) in [7, 11) is 2.78. The van der Waals surface area contributed by atoms with Crippen LogP contribution in [0.25, 0.3) is 22.2 Å². The Bertz CT molecular complexity index is 1040. The molecule has 3 heterocycles. The monoisotopic (exact) mass is 274 g/mol. The average Bonchev–Trinajstić information content (AvgIpc) is 2.43. The molecule has 0 saturated heterocycles. The van der Waals surface area contributed by atoms with Crippen LogP contribution in [0, 0.1) is 6.92 Å². The molecule has 0 aliphatic heterocycles. The summed E-state index contributed by atoms with van der Waals surface area (Å²) in [6.45, 7) is 1.59. The molecule has 0 radical (unpaired) electrons. The lowest BCUT2D eigenvalue weighted by molar-refractivity contribution is 0.707. The number of H-pyrrole nitrogens is 1. The van der Waals surface area contributed by atoms with E-state index in [9.17, 15) is 14.4 Å². The van der Waals surface area contributed by atoms with Crippen LogP contribution in [0.2, 0.25) is 0 Å². The van der Waals surface area contributed by atoms with Crippen molar-refractivity contribution in [1.29, 1.82) is 0 Å². The lowest BCUT2D eigenvalue weighted by atomic mass is 10.3. The molecule has 0 aliphatic carbocycles. The summed E-state index contributed by atoms with van der Waals surface area (Å²) < 4.78 is 2.06. The van der Waals surface area contributed by atoms with Gasteiger partial charge in [0.15, 0.2) is 11.2 Å². The van der Waals surface area contributed by atoms with Crippen molar-refractivity contribution >= 4 is 22.2 Å². The summed E-state index contributed by atoms with van der Waals surface area (Å²) >= 11 is 0. The van der Waals surface area contributed by atoms with E-state index in [0.29, 0.717) is 5.82 Å². The molecule has 9 heteroatoms. The normalized spacial score (nSPS) is 11.3. The Morgan fingerprint density at radius 2 is 1.75 bits per heavy atom. The molecule has 9 nitrogen and oxygen atoms in total. The van der Waals surface area contributed by atoms with E-state index in [-0.39, 0.29) is 22.2 Å². The first-order valence-electron chi connectivity index (χ1n) is 5.75. The molecular weight excluding hydrogens is 264 g/mol. The zero-order valence-electron chi connectivity index (χ0n) is 11.0. The predicted molar refractivity (Wildman–Crippen MR) is 70.7 cm³/mol. The average molecular weight is 274 g/mol. The molecule has 0 bridgehead atoms. The Hall–Kier alpha value is -2.84. The molecule has 0 aliphatic rings. The molecule has 0 saturated carbocycles. The molecule has 1 N–H and O–H groups in total. The van der Waals surface area contributed by atoms with Gasteiger partial charge in [-0.15, -0.1) is 10.2 Å². The van der Waals surface area contributed by atoms with Gasteiger partial charge in [-0.05, 0) is 6.92 Å². The van der Waals surface area contributed by atoms with Crippen molar-refractivity contribution in [2.24, 2.45) is 14.1 Å². The van der Waals surface area contributed by atoms with Gasteiger partial charge in [-0.3, -0.25) is 18.7 Å². The fourth-order valence-corrected chi connectivity index (χ4v) is 2.08. The van der Waals surface area contributed by atoms with Crippen LogP contribution in [0.3, 0.4) is 0 Å². The number of nitrogens with one attached hydrogen (secondary N) is 1. The molecule has 0 atom stereocenters. The molecule has 0 spiro atoms. The van der Waals surface area contributed by atoms with Crippen molar-refractivity contribution in [3.05, 3.63) is 36.9 Å². The van der Waals surface area contributed by atoms with Crippen LogP contribution in [0.4, 0.5) is 0 Å². The van der Waals surface area contributed by atoms with Crippen molar-refractivity contribution in [3.63, 3.8) is 0 Å². The number of fused-ring (bicyclic) bond motifs is 2. The zero-order valence-corrected chi connectivity index (χ0v) is 11.0. The fourth-order valence-electron chi connectivity index (χ4n) is 2.08. The molecule has 3 aromatic rings. The lowest BCUT2D eigenvalue weighted by Crippen LogP contribution is -2.39. The summed E-state index contributed by atoms with van der Waals surface area (Å²) in [5.74, 6) is 0.323. The standard InChI is InChI=1S/C11H10N6O3/c1-4-12-6-7(18)5-9(13-8(6)15-14-4)16(2)11(20)17(3)10(5)19/h1-3H3,(H,13,15,18). The first-order chi connectivity index (χ1) is 9.41. The second-order valence-electron chi connectivity index (χ2n) is 4.44. The Balaban J connectivity index is 2.76. The maximum absolute atomic E-state index is 12.4. The van der Waals surface area contributed by atoms with Crippen LogP contribution < -0.4 is 16.7 Å². The van der Waals surface area contributed by atoms with E-state index in [1.807, 2.05) is 0 Å². The van der Waals surface area contributed by atoms with Gasteiger partial charge in [0.05, 0.1) is 0 Å². The number of aromatic nitrogens is 6. The van der Waals surface area contributed by atoms with E-state index >= 15 is 0 Å². The Morgan fingerprint density at radius 3 is 2.45 bits per heavy atom. The lowest BCUT2D eigenvalue weighted by Gasteiger charge is -2.07. The number of nitrogens with zero attached hydrogens (tertiary/aromatic N) is 5. The smallest absolute Gasteiger partial charge is 0.322 e. The molecule has 0 unspecified atom stereocenters. The molecule has 0 amide bonds. The Kier molecular flexibility index (Phi) is 2.33. The van der Waals surface area contributed by atoms with Crippen LogP contribution in [0.15, 0.2) is 14.4 Å². The van der Waals surface area contributed by atoms with E-state index in [0.717, 1.165) is 4.57 Å². The van der Waals surface area contributed by atoms with Crippen molar-refractivity contribution in [1.82, 2.24) is 29.3 Å². The van der Waals surface area contributed by atoms with Gasteiger partial charge < -0.3 is 4.98 Å². The van der Waals surface area contributed by atoms with Crippen molar-refractivity contribution in [2.45, 2.75) is 6.92 Å². The molecule has 20 heavy (non-hydrogen) atoms. The van der Waals surface area contributed by atoms with Crippen molar-refractivity contribution in [3.8, 4) is 0 Å². The van der Waals surface area contributed by atoms with E-state index in [1.165, 1.54) is 18.7 Å². The van der Waals surface area contributed by atoms with Crippen molar-refractivity contribution < 1.29 is 0 Å². The van der Waals surface area contributed by atoms with Gasteiger partial charge in [0.2, 0.25) is 5.43 Å². The first-order valence-corrected chi connectivity index (χ1v) is 5.75. The first kappa shape index (κ1) is 12.2. The minimum atomic E-state index is -0.664. The Labute approximate surface area is 110 Å². The van der Waals surface area contributed by atoms with Gasteiger partial charge in [0.1, 0.15) is 16.9 Å². The van der Waals surface area contributed by atoms with Gasteiger partial charge in [-0.1, -0.05) is 0 Å². The van der Waals surface area contributed by atoms with Crippen molar-refractivity contribution in [2.75, 3.05) is 0 Å². The van der Waals surface area contributed by atoms with E-state index < -0.39 is 16.7 Å². The second-order valence-corrected chi connectivity index (χ2v) is 4.44. The van der Waals surface area contributed by atoms with Gasteiger partial charge >= 0.3 is 5.69 Å². The Morgan fingerprint density at radius 1 is 1.05 bits per heavy atom. The second kappa shape index (κ2) is 3.83. The highest BCUT2D eigenvalue weighted by molar-refractivity contribution is 5.86. The molecular formula is C11H10N6O3. The van der Waals surface area contributed by atoms with Crippen LogP contribution in [0.5, 0.6) is 0 Å². The number of aryl methyl sites for hydroxylation is 2. The highest BCUT2D eigenvalue weighted by Crippen LogP contribution is 2.05. The molecule has 0 fully saturated rings. The highest BCUT2D eigenvalue weighted by Gasteiger charge is 2.16. The SMILES string of the molecule is Cc1nnc2[nH]c3c(c(=O)c2n1)c(=O)n(C)c(=O)n3C. The summed E-state index contributed by atoms with van der Waals surface area (Å²) in [6.07, 6.45) is 0. The summed E-state index contributed by atoms with van der Waals surface area (Å²) in [5.41, 5.74) is -1.50. The van der Waals surface area contributed by atoms with Gasteiger partial charge in [-0.25, -0.2) is 9.78 Å². The maximum atomic E-state index is 12.4. The van der Waals surface area contributed by atoms with E-state index in [4.69, 9.17) is 0 Å². The maximum Gasteiger partial charge on any atom is 0.332 e. The summed E-state index contributed by atoms with van der Waals surface area (Å²) in [6, 6.07) is 0. The molecule has 3 aromatic heterocycles. The third kappa shape index (κ3) is 1.43. The van der Waals surface area contributed by atoms with Crippen LogP contribution in [-0.4, -0.2) is 29.3 Å². The number of hydrogen-bond acceptors (Lipinski definition) is 6. The quantitative estimate of drug-likeness (QED) is 0.502. The van der Waals surface area contributed by atoms with E-state index in [2.05, 4.69) is 20.2 Å². The zero-order chi connectivity index (χ0) is 14.6. The minimum absolute atomic E-state index is 0.0285. The highest BCUT2D eigenvalue weighted by atomic mass is 16.2. The van der Waals surface area contributed by atoms with Gasteiger partial charge in [0, 0.05) is 14.1 Å². The third-order valence-corrected chi connectivity index (χ3v) is 3.14. The van der Waals surface area contributed by atoms with Gasteiger partial charge in [0.25, 0.3) is 5.56 Å². The van der Waals surface area contributed by atoms with Crippen LogP contribution in [-0.2, 0) is 14.1 Å². The predicted octanol–water partition coefficient (Wildman–Crippen LogP) is -1.43. The number of pyridine rings is 1. The molecule has 102 valence electrons. The van der Waals surface area contributed by atoms with Crippen LogP contribution >= 0.6 is 0 Å². The fraction of sp³-hybridized carbons (Fsp3) is 0.273. The number of rotatable bonds is 0. The molecule has 3 rings (SSSR count). The van der Waals surface area contributed by atoms with Gasteiger partial charge in [-0.2, -0.15) is 0 Å². The molecule has 0 aromatic carbocycles. The summed E-state index contributed by atoms with van der Waals surface area (Å²) in [5, 5.41) is 7.44.